The average Bonchev–Trinajstić information content (AvgIpc) is 2.33. The van der Waals surface area contributed by atoms with E-state index >= 15 is 0 Å². The Kier molecular flexibility index (Phi) is 4.55. The van der Waals surface area contributed by atoms with Crippen LogP contribution >= 0.6 is 0 Å². The fourth-order valence-electron chi connectivity index (χ4n) is 2.46. The highest BCUT2D eigenvalue weighted by Gasteiger charge is 2.32. The molecule has 0 aliphatic carbocycles. The fourth-order valence-corrected chi connectivity index (χ4v) is 2.46. The highest BCUT2D eigenvalue weighted by atomic mass is 19.1. The van der Waals surface area contributed by atoms with Crippen LogP contribution in [-0.2, 0) is 16.1 Å². The molecule has 1 fully saturated rings. The number of nitrogens with one attached hydrogen (secondary N) is 1. The molecule has 1 aromatic rings. The number of carbonyl (C=O) groups excluding carboxylic acids is 2. The number of hydrogen-bond donors (Lipinski definition) is 1. The molecule has 4 nitrogen and oxygen atoms in total. The van der Waals surface area contributed by atoms with E-state index in [1.807, 2.05) is 13.8 Å². The Balaban J connectivity index is 2.14. The molecule has 1 atom stereocenters. The highest BCUT2D eigenvalue weighted by Crippen LogP contribution is 2.16. The smallest absolute Gasteiger partial charge is 0.245 e. The SMILES string of the molecule is CC(C)CC1NC(=O)CN(Cc2cc(F)cc(F)c2)C1=O. The van der Waals surface area contributed by atoms with E-state index in [2.05, 4.69) is 5.32 Å². The molecule has 1 N–H and O–H groups in total. The Bertz CT molecular complexity index is 540. The lowest BCUT2D eigenvalue weighted by Crippen LogP contribution is -2.57. The van der Waals surface area contributed by atoms with E-state index in [1.54, 1.807) is 0 Å². The number of carbonyl (C=O) groups is 2. The van der Waals surface area contributed by atoms with Crippen molar-refractivity contribution in [2.24, 2.45) is 5.92 Å². The zero-order valence-corrected chi connectivity index (χ0v) is 12.0. The molecule has 2 rings (SSSR count). The van der Waals surface area contributed by atoms with Crippen molar-refractivity contribution >= 4 is 11.8 Å². The van der Waals surface area contributed by atoms with Crippen LogP contribution in [0.25, 0.3) is 0 Å². The van der Waals surface area contributed by atoms with E-state index in [0.29, 0.717) is 12.0 Å². The third kappa shape index (κ3) is 4.00. The fraction of sp³-hybridized carbons (Fsp3) is 0.467. The van der Waals surface area contributed by atoms with Crippen molar-refractivity contribution in [3.05, 3.63) is 35.4 Å². The first-order valence-corrected chi connectivity index (χ1v) is 6.88. The van der Waals surface area contributed by atoms with E-state index < -0.39 is 17.7 Å². The topological polar surface area (TPSA) is 49.4 Å². The predicted molar refractivity (Wildman–Crippen MR) is 73.2 cm³/mol. The van der Waals surface area contributed by atoms with Gasteiger partial charge in [0.25, 0.3) is 0 Å². The van der Waals surface area contributed by atoms with E-state index in [1.165, 1.54) is 17.0 Å². The lowest BCUT2D eigenvalue weighted by molar-refractivity contribution is -0.145. The van der Waals surface area contributed by atoms with E-state index in [9.17, 15) is 18.4 Å². The number of halogens is 2. The zero-order valence-electron chi connectivity index (χ0n) is 12.0. The Morgan fingerprint density at radius 3 is 2.43 bits per heavy atom. The minimum atomic E-state index is -0.697. The van der Waals surface area contributed by atoms with Gasteiger partial charge in [0.1, 0.15) is 17.7 Å². The van der Waals surface area contributed by atoms with Crippen molar-refractivity contribution in [1.29, 1.82) is 0 Å². The Labute approximate surface area is 122 Å². The largest absolute Gasteiger partial charge is 0.343 e. The monoisotopic (exact) mass is 296 g/mol. The van der Waals surface area contributed by atoms with Gasteiger partial charge in [-0.15, -0.1) is 0 Å². The Morgan fingerprint density at radius 1 is 1.24 bits per heavy atom. The lowest BCUT2D eigenvalue weighted by Gasteiger charge is -2.33. The van der Waals surface area contributed by atoms with Crippen molar-refractivity contribution in [3.63, 3.8) is 0 Å². The molecule has 0 bridgehead atoms. The summed E-state index contributed by atoms with van der Waals surface area (Å²) in [5.74, 6) is -1.61. The van der Waals surface area contributed by atoms with E-state index in [0.717, 1.165) is 6.07 Å². The van der Waals surface area contributed by atoms with Crippen molar-refractivity contribution < 1.29 is 18.4 Å². The maximum Gasteiger partial charge on any atom is 0.245 e. The van der Waals surface area contributed by atoms with Gasteiger partial charge in [-0.2, -0.15) is 0 Å². The third-order valence-corrected chi connectivity index (χ3v) is 3.28. The van der Waals surface area contributed by atoms with E-state index in [4.69, 9.17) is 0 Å². The normalized spacial score (nSPS) is 19.1. The van der Waals surface area contributed by atoms with Crippen molar-refractivity contribution in [2.45, 2.75) is 32.9 Å². The van der Waals surface area contributed by atoms with Crippen LogP contribution in [0, 0.1) is 17.6 Å². The van der Waals surface area contributed by atoms with E-state index in [-0.39, 0.29) is 30.8 Å². The van der Waals surface area contributed by atoms with Gasteiger partial charge in [-0.3, -0.25) is 9.59 Å². The van der Waals surface area contributed by atoms with Crippen LogP contribution in [0.4, 0.5) is 8.78 Å². The van der Waals surface area contributed by atoms with Crippen molar-refractivity contribution in [3.8, 4) is 0 Å². The van der Waals surface area contributed by atoms with Crippen LogP contribution in [0.3, 0.4) is 0 Å². The summed E-state index contributed by atoms with van der Waals surface area (Å²) >= 11 is 0. The van der Waals surface area contributed by atoms with Crippen LogP contribution in [0.1, 0.15) is 25.8 Å². The summed E-state index contributed by atoms with van der Waals surface area (Å²) in [5.41, 5.74) is 0.332. The first kappa shape index (κ1) is 15.4. The van der Waals surface area contributed by atoms with Gasteiger partial charge in [0.05, 0.1) is 6.54 Å². The summed E-state index contributed by atoms with van der Waals surface area (Å²) < 4.78 is 26.4. The summed E-state index contributed by atoms with van der Waals surface area (Å²) in [5, 5.41) is 2.66. The maximum absolute atomic E-state index is 13.2. The molecule has 2 amide bonds. The van der Waals surface area contributed by atoms with Gasteiger partial charge in [-0.1, -0.05) is 13.8 Å². The van der Waals surface area contributed by atoms with Crippen LogP contribution < -0.4 is 5.32 Å². The number of amides is 2. The third-order valence-electron chi connectivity index (χ3n) is 3.28. The summed E-state index contributed by atoms with van der Waals surface area (Å²) in [7, 11) is 0. The molecule has 1 aliphatic heterocycles. The Hall–Kier alpha value is -1.98. The average molecular weight is 296 g/mol. The minimum Gasteiger partial charge on any atom is -0.343 e. The molecule has 0 spiro atoms. The van der Waals surface area contributed by atoms with Gasteiger partial charge in [0.15, 0.2) is 0 Å². The van der Waals surface area contributed by atoms with Crippen LogP contribution in [-0.4, -0.2) is 29.3 Å². The number of piperazine rings is 1. The highest BCUT2D eigenvalue weighted by molar-refractivity contribution is 5.94. The molecule has 21 heavy (non-hydrogen) atoms. The van der Waals surface area contributed by atoms with Gasteiger partial charge in [-0.25, -0.2) is 8.78 Å². The second-order valence-corrected chi connectivity index (χ2v) is 5.72. The number of rotatable bonds is 4. The lowest BCUT2D eigenvalue weighted by atomic mass is 10.0. The molecular weight excluding hydrogens is 278 g/mol. The number of hydrogen-bond acceptors (Lipinski definition) is 2. The summed E-state index contributed by atoms with van der Waals surface area (Å²) in [6.07, 6.45) is 0.540. The van der Waals surface area contributed by atoms with Gasteiger partial charge < -0.3 is 10.2 Å². The van der Waals surface area contributed by atoms with Crippen LogP contribution in [0.2, 0.25) is 0 Å². The van der Waals surface area contributed by atoms with Crippen molar-refractivity contribution in [2.75, 3.05) is 6.54 Å². The molecule has 6 heteroatoms. The second-order valence-electron chi connectivity index (χ2n) is 5.72. The molecule has 114 valence electrons. The van der Waals surface area contributed by atoms with Crippen LogP contribution in [0.15, 0.2) is 18.2 Å². The molecule has 1 unspecified atom stereocenters. The summed E-state index contributed by atoms with van der Waals surface area (Å²) in [4.78, 5) is 25.3. The predicted octanol–water partition coefficient (Wildman–Crippen LogP) is 1.84. The molecule has 1 aromatic carbocycles. The number of nitrogens with zero attached hydrogens (tertiary/aromatic N) is 1. The van der Waals surface area contributed by atoms with Crippen LogP contribution in [0.5, 0.6) is 0 Å². The first-order valence-electron chi connectivity index (χ1n) is 6.88. The standard InChI is InChI=1S/C15H18F2N2O2/c1-9(2)3-13-15(21)19(8-14(20)18-13)7-10-4-11(16)6-12(17)5-10/h4-6,9,13H,3,7-8H2,1-2H3,(H,18,20). The molecule has 0 aromatic heterocycles. The molecular formula is C15H18F2N2O2. The Morgan fingerprint density at radius 2 is 1.86 bits per heavy atom. The summed E-state index contributed by atoms with van der Waals surface area (Å²) in [6.45, 7) is 3.85. The first-order chi connectivity index (χ1) is 9.85. The summed E-state index contributed by atoms with van der Waals surface area (Å²) in [6, 6.07) is 2.54. The van der Waals surface area contributed by atoms with Gasteiger partial charge in [0, 0.05) is 12.6 Å². The quantitative estimate of drug-likeness (QED) is 0.921. The molecule has 1 aliphatic rings. The molecule has 0 radical (unpaired) electrons. The van der Waals surface area contributed by atoms with Gasteiger partial charge >= 0.3 is 0 Å². The second kappa shape index (κ2) is 6.20. The van der Waals surface area contributed by atoms with Gasteiger partial charge in [0.2, 0.25) is 11.8 Å². The molecule has 0 saturated carbocycles. The maximum atomic E-state index is 13.2. The molecule has 1 saturated heterocycles. The molecule has 1 heterocycles. The zero-order chi connectivity index (χ0) is 15.6. The number of benzene rings is 1. The van der Waals surface area contributed by atoms with Crippen molar-refractivity contribution in [1.82, 2.24) is 10.2 Å². The minimum absolute atomic E-state index is 0.0233. The van der Waals surface area contributed by atoms with Gasteiger partial charge in [-0.05, 0) is 30.0 Å².